The van der Waals surface area contributed by atoms with Crippen molar-refractivity contribution in [3.63, 3.8) is 0 Å². The fourth-order valence-corrected chi connectivity index (χ4v) is 3.18. The normalized spacial score (nSPS) is 13.4. The minimum absolute atomic E-state index is 0.119. The van der Waals surface area contributed by atoms with Crippen molar-refractivity contribution in [2.75, 3.05) is 6.54 Å². The zero-order valence-corrected chi connectivity index (χ0v) is 13.5. The van der Waals surface area contributed by atoms with Crippen LogP contribution in [0.5, 0.6) is 0 Å². The summed E-state index contributed by atoms with van der Waals surface area (Å²) in [6.07, 6.45) is 7.56. The van der Waals surface area contributed by atoms with E-state index in [2.05, 4.69) is 52.1 Å². The highest BCUT2D eigenvalue weighted by atomic mass is 79.9. The van der Waals surface area contributed by atoms with Crippen molar-refractivity contribution in [2.45, 2.75) is 32.0 Å². The van der Waals surface area contributed by atoms with E-state index in [-0.39, 0.29) is 16.1 Å². The molecule has 2 aromatic heterocycles. The van der Waals surface area contributed by atoms with Gasteiger partial charge in [-0.25, -0.2) is 4.52 Å². The molecule has 108 valence electrons. The topological polar surface area (TPSA) is 59.3 Å². The SMILES string of the molecule is CC(C)(C)CC(Br)CNC(=O)c1cnn2ccncc12. The molecule has 2 rings (SSSR count). The Bertz CT molecular complexity index is 602. The summed E-state index contributed by atoms with van der Waals surface area (Å²) < 4.78 is 1.64. The number of hydrogen-bond acceptors (Lipinski definition) is 3. The number of halogens is 1. The Hall–Kier alpha value is -1.43. The molecule has 1 unspecified atom stereocenters. The van der Waals surface area contributed by atoms with E-state index in [9.17, 15) is 4.79 Å². The van der Waals surface area contributed by atoms with Crippen molar-refractivity contribution < 1.29 is 4.79 Å². The number of hydrogen-bond donors (Lipinski definition) is 1. The molecule has 0 saturated heterocycles. The van der Waals surface area contributed by atoms with Gasteiger partial charge in [0, 0.05) is 23.8 Å². The number of alkyl halides is 1. The van der Waals surface area contributed by atoms with Crippen LogP contribution in [0, 0.1) is 5.41 Å². The Balaban J connectivity index is 1.99. The van der Waals surface area contributed by atoms with E-state index < -0.39 is 0 Å². The molecule has 1 atom stereocenters. The summed E-state index contributed by atoms with van der Waals surface area (Å²) in [4.78, 5) is 16.5. The summed E-state index contributed by atoms with van der Waals surface area (Å²) in [5, 5.41) is 7.06. The maximum atomic E-state index is 12.2. The van der Waals surface area contributed by atoms with Gasteiger partial charge in [-0.1, -0.05) is 36.7 Å². The quantitative estimate of drug-likeness (QED) is 0.872. The third-order valence-corrected chi connectivity index (χ3v) is 3.53. The first-order chi connectivity index (χ1) is 9.37. The van der Waals surface area contributed by atoms with Crippen LogP contribution in [-0.2, 0) is 0 Å². The third kappa shape index (κ3) is 3.79. The predicted octanol–water partition coefficient (Wildman–Crippen LogP) is 2.66. The minimum Gasteiger partial charge on any atom is -0.351 e. The Labute approximate surface area is 126 Å². The highest BCUT2D eigenvalue weighted by Gasteiger charge is 2.18. The Morgan fingerprint density at radius 3 is 2.90 bits per heavy atom. The molecule has 0 bridgehead atoms. The van der Waals surface area contributed by atoms with Crippen LogP contribution < -0.4 is 5.32 Å². The van der Waals surface area contributed by atoms with Gasteiger partial charge in [0.05, 0.1) is 23.5 Å². The zero-order valence-electron chi connectivity index (χ0n) is 11.9. The van der Waals surface area contributed by atoms with E-state index >= 15 is 0 Å². The van der Waals surface area contributed by atoms with E-state index in [0.29, 0.717) is 17.6 Å². The molecule has 2 aromatic rings. The summed E-state index contributed by atoms with van der Waals surface area (Å²) in [6, 6.07) is 0. The van der Waals surface area contributed by atoms with E-state index in [4.69, 9.17) is 0 Å². The van der Waals surface area contributed by atoms with Gasteiger partial charge in [0.1, 0.15) is 0 Å². The smallest absolute Gasteiger partial charge is 0.255 e. The number of fused-ring (bicyclic) bond motifs is 1. The summed E-state index contributed by atoms with van der Waals surface area (Å²) >= 11 is 3.61. The number of rotatable bonds is 4. The highest BCUT2D eigenvalue weighted by molar-refractivity contribution is 9.09. The molecule has 0 aliphatic rings. The first kappa shape index (κ1) is 15.0. The average molecular weight is 339 g/mol. The molecule has 1 N–H and O–H groups in total. The van der Waals surface area contributed by atoms with Crippen molar-refractivity contribution in [1.29, 1.82) is 0 Å². The maximum absolute atomic E-state index is 12.2. The summed E-state index contributed by atoms with van der Waals surface area (Å²) in [6.45, 7) is 7.13. The van der Waals surface area contributed by atoms with Crippen LogP contribution in [-0.4, -0.2) is 31.9 Å². The summed E-state index contributed by atoms with van der Waals surface area (Å²) in [5.41, 5.74) is 1.49. The van der Waals surface area contributed by atoms with Crippen LogP contribution in [0.4, 0.5) is 0 Å². The largest absolute Gasteiger partial charge is 0.351 e. The number of aromatic nitrogens is 3. The van der Waals surface area contributed by atoms with Crippen LogP contribution in [0.15, 0.2) is 24.8 Å². The fourth-order valence-electron chi connectivity index (χ4n) is 2.04. The summed E-state index contributed by atoms with van der Waals surface area (Å²) in [7, 11) is 0. The highest BCUT2D eigenvalue weighted by Crippen LogP contribution is 2.24. The molecule has 2 heterocycles. The van der Waals surface area contributed by atoms with Gasteiger partial charge in [-0.05, 0) is 11.8 Å². The van der Waals surface area contributed by atoms with Crippen LogP contribution in [0.25, 0.3) is 5.52 Å². The van der Waals surface area contributed by atoms with Crippen LogP contribution >= 0.6 is 15.9 Å². The molecule has 0 spiro atoms. The number of amides is 1. The van der Waals surface area contributed by atoms with Gasteiger partial charge in [0.2, 0.25) is 0 Å². The summed E-state index contributed by atoms with van der Waals surface area (Å²) in [5.74, 6) is -0.119. The lowest BCUT2D eigenvalue weighted by molar-refractivity contribution is 0.0954. The zero-order chi connectivity index (χ0) is 14.8. The fraction of sp³-hybridized carbons (Fsp3) is 0.500. The molecule has 5 nitrogen and oxygen atoms in total. The van der Waals surface area contributed by atoms with Crippen molar-refractivity contribution in [2.24, 2.45) is 5.41 Å². The lowest BCUT2D eigenvalue weighted by atomic mass is 9.90. The standard InChI is InChI=1S/C14H19BrN4O/c1-14(2,3)6-10(15)7-17-13(20)11-8-18-19-5-4-16-9-12(11)19/h4-5,8-10H,6-7H2,1-3H3,(H,17,20). The second-order valence-electron chi connectivity index (χ2n) is 6.04. The number of carbonyl (C=O) groups excluding carboxylic acids is 1. The number of nitrogens with one attached hydrogen (secondary N) is 1. The van der Waals surface area contributed by atoms with Gasteiger partial charge < -0.3 is 5.32 Å². The van der Waals surface area contributed by atoms with Crippen LogP contribution in [0.1, 0.15) is 37.6 Å². The molecule has 0 aliphatic carbocycles. The molecule has 6 heteroatoms. The van der Waals surface area contributed by atoms with Crippen LogP contribution in [0.3, 0.4) is 0 Å². The van der Waals surface area contributed by atoms with Gasteiger partial charge in [-0.2, -0.15) is 5.10 Å². The number of carbonyl (C=O) groups is 1. The van der Waals surface area contributed by atoms with Gasteiger partial charge in [0.15, 0.2) is 0 Å². The first-order valence-corrected chi connectivity index (χ1v) is 7.48. The molecule has 0 aromatic carbocycles. The molecule has 0 saturated carbocycles. The molecular formula is C14H19BrN4O. The second-order valence-corrected chi connectivity index (χ2v) is 7.33. The minimum atomic E-state index is -0.119. The lowest BCUT2D eigenvalue weighted by Gasteiger charge is -2.22. The average Bonchev–Trinajstić information content (AvgIpc) is 2.78. The van der Waals surface area contributed by atoms with E-state index in [1.807, 2.05) is 0 Å². The van der Waals surface area contributed by atoms with Crippen molar-refractivity contribution in [3.05, 3.63) is 30.4 Å². The molecular weight excluding hydrogens is 320 g/mol. The molecule has 0 radical (unpaired) electrons. The van der Waals surface area contributed by atoms with Gasteiger partial charge >= 0.3 is 0 Å². The van der Waals surface area contributed by atoms with Gasteiger partial charge in [-0.15, -0.1) is 0 Å². The number of nitrogens with zero attached hydrogens (tertiary/aromatic N) is 3. The third-order valence-electron chi connectivity index (χ3n) is 2.89. The van der Waals surface area contributed by atoms with Crippen molar-refractivity contribution in [3.8, 4) is 0 Å². The first-order valence-electron chi connectivity index (χ1n) is 6.56. The van der Waals surface area contributed by atoms with Crippen molar-refractivity contribution in [1.82, 2.24) is 19.9 Å². The molecule has 0 fully saturated rings. The molecule has 1 amide bonds. The molecule has 20 heavy (non-hydrogen) atoms. The van der Waals surface area contributed by atoms with E-state index in [1.165, 1.54) is 0 Å². The van der Waals surface area contributed by atoms with Crippen LogP contribution in [0.2, 0.25) is 0 Å². The monoisotopic (exact) mass is 338 g/mol. The van der Waals surface area contributed by atoms with Gasteiger partial charge in [-0.3, -0.25) is 9.78 Å². The molecule has 0 aliphatic heterocycles. The van der Waals surface area contributed by atoms with Crippen molar-refractivity contribution >= 4 is 27.4 Å². The van der Waals surface area contributed by atoms with Gasteiger partial charge in [0.25, 0.3) is 5.91 Å². The van der Waals surface area contributed by atoms with E-state index in [0.717, 1.165) is 6.42 Å². The lowest BCUT2D eigenvalue weighted by Crippen LogP contribution is -2.31. The Morgan fingerprint density at radius 1 is 1.45 bits per heavy atom. The van der Waals surface area contributed by atoms with E-state index in [1.54, 1.807) is 29.3 Å². The predicted molar refractivity (Wildman–Crippen MR) is 82.1 cm³/mol. The second kappa shape index (κ2) is 5.91. The Morgan fingerprint density at radius 2 is 2.20 bits per heavy atom. The maximum Gasteiger partial charge on any atom is 0.255 e. The Kier molecular flexibility index (Phi) is 4.42.